The van der Waals surface area contributed by atoms with E-state index in [2.05, 4.69) is 97.8 Å². The van der Waals surface area contributed by atoms with Crippen molar-refractivity contribution in [2.75, 3.05) is 14.1 Å². The molecule has 0 spiro atoms. The van der Waals surface area contributed by atoms with Crippen LogP contribution < -0.4 is 10.6 Å². The summed E-state index contributed by atoms with van der Waals surface area (Å²) in [6, 6.07) is 30.2. The Hall–Kier alpha value is -2.88. The molecule has 0 fully saturated rings. The summed E-state index contributed by atoms with van der Waals surface area (Å²) in [7, 11) is 3.27. The smallest absolute Gasteiger partial charge is 0.0513 e. The Bertz CT molecular complexity index is 947. The van der Waals surface area contributed by atoms with Crippen molar-refractivity contribution in [1.82, 2.24) is 5.01 Å². The molecule has 1 atom stereocenters. The minimum atomic E-state index is -0.693. The zero-order chi connectivity index (χ0) is 21.3. The molecule has 0 aromatic heterocycles. The fraction of sp³-hybridized carbons (Fsp3) is 0.222. The molecule has 0 radical (unpaired) electrons. The third-order valence-corrected chi connectivity index (χ3v) is 7.72. The Morgan fingerprint density at radius 3 is 1.90 bits per heavy atom. The van der Waals surface area contributed by atoms with E-state index in [-0.39, 0.29) is 5.66 Å². The maximum atomic E-state index is 5.90. The Morgan fingerprint density at radius 1 is 0.900 bits per heavy atom. The van der Waals surface area contributed by atoms with Gasteiger partial charge in [-0.3, -0.25) is 0 Å². The highest BCUT2D eigenvalue weighted by Crippen LogP contribution is 2.42. The van der Waals surface area contributed by atoms with Crippen molar-refractivity contribution in [2.45, 2.75) is 25.4 Å². The Morgan fingerprint density at radius 2 is 1.43 bits per heavy atom. The van der Waals surface area contributed by atoms with Crippen LogP contribution in [-0.4, -0.2) is 30.5 Å². The zero-order valence-electron chi connectivity index (χ0n) is 18.0. The van der Waals surface area contributed by atoms with Gasteiger partial charge in [-0.25, -0.2) is 0 Å². The van der Waals surface area contributed by atoms with E-state index in [0.717, 1.165) is 12.1 Å². The highest BCUT2D eigenvalue weighted by molar-refractivity contribution is 7.74. The second-order valence-electron chi connectivity index (χ2n) is 7.57. The van der Waals surface area contributed by atoms with Crippen LogP contribution in [0.1, 0.15) is 17.5 Å². The predicted molar refractivity (Wildman–Crippen MR) is 132 cm³/mol. The first-order valence-corrected chi connectivity index (χ1v) is 11.6. The molecule has 0 amide bonds. The van der Waals surface area contributed by atoms with Crippen molar-refractivity contribution < 1.29 is 0 Å². The summed E-state index contributed by atoms with van der Waals surface area (Å²) in [6.45, 7) is 2.11. The molecule has 0 aliphatic rings. The molecular formula is C27H29N2P. The van der Waals surface area contributed by atoms with Crippen LogP contribution in [0.25, 0.3) is 0 Å². The number of rotatable bonds is 8. The summed E-state index contributed by atoms with van der Waals surface area (Å²) < 4.78 is 0. The third kappa shape index (κ3) is 5.82. The third-order valence-electron chi connectivity index (χ3n) is 4.91. The van der Waals surface area contributed by atoms with E-state index >= 15 is 0 Å². The van der Waals surface area contributed by atoms with Crippen LogP contribution in [0.2, 0.25) is 0 Å². The monoisotopic (exact) mass is 412 g/mol. The fourth-order valence-electron chi connectivity index (χ4n) is 3.55. The molecule has 0 saturated heterocycles. The number of terminal acetylenes is 1. The summed E-state index contributed by atoms with van der Waals surface area (Å²) in [4.78, 5) is 0. The molecule has 152 valence electrons. The van der Waals surface area contributed by atoms with Gasteiger partial charge in [-0.15, -0.1) is 12.3 Å². The minimum absolute atomic E-state index is 0.165. The molecule has 3 aromatic rings. The normalized spacial score (nSPS) is 12.4. The standard InChI is InChI=1S/C27H29N2P/c1-5-12-27(26(28-29(3)4)21-23-19-17-22(2)18-20-23)30(24-13-8-6-9-14-24)25-15-10-7-11-16-25/h1,6-11,13-20,27H,12,21H2,2-4H3/b28-26+. The summed E-state index contributed by atoms with van der Waals surface area (Å²) in [6.07, 6.45) is 7.35. The highest BCUT2D eigenvalue weighted by atomic mass is 31.1. The molecule has 3 heteroatoms. The first kappa shape index (κ1) is 21.8. The van der Waals surface area contributed by atoms with Crippen molar-refractivity contribution >= 4 is 24.2 Å². The van der Waals surface area contributed by atoms with Crippen LogP contribution in [0.4, 0.5) is 0 Å². The van der Waals surface area contributed by atoms with Crippen LogP contribution in [0.5, 0.6) is 0 Å². The maximum absolute atomic E-state index is 5.90. The second-order valence-corrected chi connectivity index (χ2v) is 9.96. The molecule has 0 saturated carbocycles. The van der Waals surface area contributed by atoms with E-state index in [1.807, 2.05) is 19.1 Å². The maximum Gasteiger partial charge on any atom is 0.0513 e. The van der Waals surface area contributed by atoms with Crippen molar-refractivity contribution in [1.29, 1.82) is 0 Å². The molecule has 0 aliphatic heterocycles. The van der Waals surface area contributed by atoms with Gasteiger partial charge >= 0.3 is 0 Å². The molecule has 3 aromatic carbocycles. The van der Waals surface area contributed by atoms with Gasteiger partial charge in [0.15, 0.2) is 0 Å². The number of hydrogen-bond acceptors (Lipinski definition) is 2. The molecule has 0 heterocycles. The van der Waals surface area contributed by atoms with Crippen LogP contribution in [-0.2, 0) is 6.42 Å². The van der Waals surface area contributed by atoms with E-state index in [4.69, 9.17) is 11.5 Å². The molecule has 0 bridgehead atoms. The molecule has 0 aliphatic carbocycles. The van der Waals surface area contributed by atoms with E-state index in [0.29, 0.717) is 6.42 Å². The van der Waals surface area contributed by atoms with E-state index in [9.17, 15) is 0 Å². The van der Waals surface area contributed by atoms with Crippen molar-refractivity contribution in [3.05, 3.63) is 96.1 Å². The summed E-state index contributed by atoms with van der Waals surface area (Å²) in [5.74, 6) is 2.95. The van der Waals surface area contributed by atoms with Crippen molar-refractivity contribution in [2.24, 2.45) is 5.10 Å². The SMILES string of the molecule is C#CCC(/C(Cc1ccc(C)cc1)=N/N(C)C)P(c1ccccc1)c1ccccc1. The number of aryl methyl sites for hydroxylation is 1. The van der Waals surface area contributed by atoms with Crippen molar-refractivity contribution in [3.63, 3.8) is 0 Å². The molecule has 2 nitrogen and oxygen atoms in total. The molecule has 30 heavy (non-hydrogen) atoms. The van der Waals surface area contributed by atoms with Gasteiger partial charge in [0.1, 0.15) is 0 Å². The minimum Gasteiger partial charge on any atom is -0.303 e. The molecule has 3 rings (SSSR count). The number of hydrazone groups is 1. The number of nitrogens with zero attached hydrogens (tertiary/aromatic N) is 2. The molecular weight excluding hydrogens is 383 g/mol. The van der Waals surface area contributed by atoms with Crippen LogP contribution >= 0.6 is 7.92 Å². The van der Waals surface area contributed by atoms with Gasteiger partial charge in [0.05, 0.1) is 5.71 Å². The lowest BCUT2D eigenvalue weighted by Crippen LogP contribution is -2.31. The fourth-order valence-corrected chi connectivity index (χ4v) is 6.28. The lowest BCUT2D eigenvalue weighted by Gasteiger charge is -2.29. The average Bonchev–Trinajstić information content (AvgIpc) is 2.76. The van der Waals surface area contributed by atoms with Gasteiger partial charge in [0.25, 0.3) is 0 Å². The Kier molecular flexibility index (Phi) is 7.83. The van der Waals surface area contributed by atoms with Crippen molar-refractivity contribution in [3.8, 4) is 12.3 Å². The number of benzene rings is 3. The van der Waals surface area contributed by atoms with Gasteiger partial charge < -0.3 is 5.01 Å². The van der Waals surface area contributed by atoms with Crippen LogP contribution in [0.15, 0.2) is 90.0 Å². The van der Waals surface area contributed by atoms with Crippen LogP contribution in [0.3, 0.4) is 0 Å². The largest absolute Gasteiger partial charge is 0.303 e. The lowest BCUT2D eigenvalue weighted by molar-refractivity contribution is 0.435. The first-order chi connectivity index (χ1) is 14.6. The average molecular weight is 413 g/mol. The Labute approximate surface area is 182 Å². The summed E-state index contributed by atoms with van der Waals surface area (Å²) in [5, 5.41) is 9.51. The zero-order valence-corrected chi connectivity index (χ0v) is 18.9. The quantitative estimate of drug-likeness (QED) is 0.221. The van der Waals surface area contributed by atoms with Gasteiger partial charge in [-0.05, 0) is 31.0 Å². The second kappa shape index (κ2) is 10.8. The van der Waals surface area contributed by atoms with Gasteiger partial charge in [0, 0.05) is 32.6 Å². The molecule has 0 N–H and O–H groups in total. The summed E-state index contributed by atoms with van der Waals surface area (Å²) in [5.41, 5.74) is 3.83. The van der Waals surface area contributed by atoms with Gasteiger partial charge in [0.2, 0.25) is 0 Å². The van der Waals surface area contributed by atoms with Crippen LogP contribution in [0, 0.1) is 19.3 Å². The first-order valence-electron chi connectivity index (χ1n) is 10.2. The van der Waals surface area contributed by atoms with E-state index < -0.39 is 7.92 Å². The van der Waals surface area contributed by atoms with Gasteiger partial charge in [-0.1, -0.05) is 90.5 Å². The van der Waals surface area contributed by atoms with Gasteiger partial charge in [-0.2, -0.15) is 5.10 Å². The lowest BCUT2D eigenvalue weighted by atomic mass is 10.0. The summed E-state index contributed by atoms with van der Waals surface area (Å²) >= 11 is 0. The molecule has 1 unspecified atom stereocenters. The topological polar surface area (TPSA) is 15.6 Å². The number of hydrogen-bond donors (Lipinski definition) is 0. The Balaban J connectivity index is 2.09. The highest BCUT2D eigenvalue weighted by Gasteiger charge is 2.29. The van der Waals surface area contributed by atoms with E-state index in [1.165, 1.54) is 21.7 Å². The predicted octanol–water partition coefficient (Wildman–Crippen LogP) is 4.98. The van der Waals surface area contributed by atoms with E-state index in [1.54, 1.807) is 0 Å².